The third kappa shape index (κ3) is 5.93. The molecule has 0 N–H and O–H groups in total. The van der Waals surface area contributed by atoms with Crippen LogP contribution in [0, 0.1) is 5.92 Å². The third-order valence-electron chi connectivity index (χ3n) is 5.22. The predicted octanol–water partition coefficient (Wildman–Crippen LogP) is 6.06. The van der Waals surface area contributed by atoms with Crippen LogP contribution in [0.4, 0.5) is 0 Å². The molecule has 0 spiro atoms. The van der Waals surface area contributed by atoms with E-state index >= 15 is 0 Å². The topological polar surface area (TPSA) is 52.6 Å². The van der Waals surface area contributed by atoms with Crippen molar-refractivity contribution < 1.29 is 19.1 Å². The van der Waals surface area contributed by atoms with Gasteiger partial charge in [-0.05, 0) is 49.4 Å². The van der Waals surface area contributed by atoms with E-state index in [0.717, 1.165) is 12.8 Å². The summed E-state index contributed by atoms with van der Waals surface area (Å²) < 4.78 is 12.1. The molecule has 4 heteroatoms. The van der Waals surface area contributed by atoms with E-state index in [4.69, 9.17) is 9.47 Å². The van der Waals surface area contributed by atoms with Gasteiger partial charge in [0.25, 0.3) is 0 Å². The van der Waals surface area contributed by atoms with Gasteiger partial charge in [-0.3, -0.25) is 0 Å². The first kappa shape index (κ1) is 22.7. The molecule has 0 radical (unpaired) electrons. The quantitative estimate of drug-likeness (QED) is 0.458. The summed E-state index contributed by atoms with van der Waals surface area (Å²) in [5.74, 6) is -0.789. The van der Waals surface area contributed by atoms with Gasteiger partial charge >= 0.3 is 11.9 Å². The van der Waals surface area contributed by atoms with E-state index in [1.807, 2.05) is 45.0 Å². The highest BCUT2D eigenvalue weighted by atomic mass is 16.6. The average Bonchev–Trinajstić information content (AvgIpc) is 2.76. The lowest BCUT2D eigenvalue weighted by molar-refractivity contribution is -0.119. The molecule has 156 valence electrons. The van der Waals surface area contributed by atoms with E-state index in [0.29, 0.717) is 24.0 Å². The highest BCUT2D eigenvalue weighted by Crippen LogP contribution is 2.35. The second-order valence-corrected chi connectivity index (χ2v) is 7.71. The minimum atomic E-state index is -0.873. The largest absolute Gasteiger partial charge is 0.454 e. The van der Waals surface area contributed by atoms with Crippen LogP contribution in [0.15, 0.2) is 60.7 Å². The molecule has 2 aromatic carbocycles. The van der Waals surface area contributed by atoms with Crippen molar-refractivity contribution in [3.8, 4) is 0 Å². The zero-order valence-electron chi connectivity index (χ0n) is 17.9. The molecule has 29 heavy (non-hydrogen) atoms. The van der Waals surface area contributed by atoms with Gasteiger partial charge in [0, 0.05) is 0 Å². The van der Waals surface area contributed by atoms with E-state index in [2.05, 4.69) is 6.92 Å². The van der Waals surface area contributed by atoms with Gasteiger partial charge in [-0.25, -0.2) is 9.59 Å². The van der Waals surface area contributed by atoms with Crippen LogP contribution >= 0.6 is 0 Å². The Morgan fingerprint density at radius 1 is 0.862 bits per heavy atom. The van der Waals surface area contributed by atoms with E-state index in [-0.39, 0.29) is 11.9 Å². The third-order valence-corrected chi connectivity index (χ3v) is 5.22. The lowest BCUT2D eigenvalue weighted by Gasteiger charge is -2.41. The summed E-state index contributed by atoms with van der Waals surface area (Å²) in [5, 5.41) is 0. The molecular weight excluding hydrogens is 364 g/mol. The Morgan fingerprint density at radius 3 is 1.83 bits per heavy atom. The molecule has 2 rings (SSSR count). The molecule has 0 bridgehead atoms. The molecule has 0 aromatic heterocycles. The number of unbranched alkanes of at least 4 members (excludes halogenated alkanes) is 1. The van der Waals surface area contributed by atoms with Crippen molar-refractivity contribution in [3.05, 3.63) is 71.8 Å². The molecule has 0 amide bonds. The van der Waals surface area contributed by atoms with Crippen LogP contribution < -0.4 is 0 Å². The summed E-state index contributed by atoms with van der Waals surface area (Å²) in [6.45, 7) is 8.07. The minimum absolute atomic E-state index is 0.0111. The summed E-state index contributed by atoms with van der Waals surface area (Å²) in [7, 11) is 0. The highest BCUT2D eigenvalue weighted by molar-refractivity contribution is 5.90. The molecule has 0 aliphatic heterocycles. The normalized spacial score (nSPS) is 14.1. The molecule has 0 saturated heterocycles. The molecule has 2 atom stereocenters. The number of hydrogen-bond acceptors (Lipinski definition) is 4. The second-order valence-electron chi connectivity index (χ2n) is 7.71. The van der Waals surface area contributed by atoms with Crippen molar-refractivity contribution >= 4 is 11.9 Å². The Morgan fingerprint density at radius 2 is 1.38 bits per heavy atom. The van der Waals surface area contributed by atoms with E-state index in [1.54, 1.807) is 36.4 Å². The lowest BCUT2D eigenvalue weighted by Crippen LogP contribution is -2.51. The molecule has 2 aromatic rings. The molecule has 0 fully saturated rings. The van der Waals surface area contributed by atoms with Crippen LogP contribution in [0.3, 0.4) is 0 Å². The number of benzene rings is 2. The summed E-state index contributed by atoms with van der Waals surface area (Å²) in [5.41, 5.74) is 0.119. The van der Waals surface area contributed by atoms with E-state index in [9.17, 15) is 9.59 Å². The van der Waals surface area contributed by atoms with Crippen LogP contribution in [-0.4, -0.2) is 23.6 Å². The van der Waals surface area contributed by atoms with Gasteiger partial charge in [-0.15, -0.1) is 0 Å². The van der Waals surface area contributed by atoms with Crippen LogP contribution in [0.2, 0.25) is 0 Å². The zero-order valence-corrected chi connectivity index (χ0v) is 17.9. The zero-order chi connectivity index (χ0) is 21.3. The van der Waals surface area contributed by atoms with Crippen LogP contribution in [0.5, 0.6) is 0 Å². The summed E-state index contributed by atoms with van der Waals surface area (Å²) in [6.07, 6.45) is 2.50. The van der Waals surface area contributed by atoms with Gasteiger partial charge in [0.1, 0.15) is 11.7 Å². The first-order valence-corrected chi connectivity index (χ1v) is 10.5. The van der Waals surface area contributed by atoms with Gasteiger partial charge < -0.3 is 9.47 Å². The van der Waals surface area contributed by atoms with Gasteiger partial charge in [-0.1, -0.05) is 70.5 Å². The maximum absolute atomic E-state index is 12.9. The fourth-order valence-corrected chi connectivity index (χ4v) is 3.60. The number of esters is 2. The Balaban J connectivity index is 2.34. The molecular formula is C25H32O4. The first-order chi connectivity index (χ1) is 13.9. The van der Waals surface area contributed by atoms with Gasteiger partial charge in [0.2, 0.25) is 0 Å². The average molecular weight is 397 g/mol. The van der Waals surface area contributed by atoms with Crippen LogP contribution in [-0.2, 0) is 9.47 Å². The fraction of sp³-hybridized carbons (Fsp3) is 0.440. The molecule has 2 unspecified atom stereocenters. The summed E-state index contributed by atoms with van der Waals surface area (Å²) in [4.78, 5) is 25.7. The number of hydrogen-bond donors (Lipinski definition) is 0. The Hall–Kier alpha value is -2.62. The van der Waals surface area contributed by atoms with Gasteiger partial charge in [-0.2, -0.15) is 0 Å². The Kier molecular flexibility index (Phi) is 8.44. The van der Waals surface area contributed by atoms with Crippen LogP contribution in [0.25, 0.3) is 0 Å². The molecule has 0 aliphatic carbocycles. The minimum Gasteiger partial charge on any atom is -0.454 e. The molecule has 0 heterocycles. The summed E-state index contributed by atoms with van der Waals surface area (Å²) in [6, 6.07) is 17.9. The molecule has 4 nitrogen and oxygen atoms in total. The second kappa shape index (κ2) is 10.8. The van der Waals surface area contributed by atoms with Crippen molar-refractivity contribution in [1.82, 2.24) is 0 Å². The SMILES string of the molecule is CCCCC(CC)(OC(=O)c1ccccc1)C(OC(=O)c1ccccc1)C(C)C. The van der Waals surface area contributed by atoms with Crippen molar-refractivity contribution in [2.24, 2.45) is 5.92 Å². The number of carbonyl (C=O) groups excluding carboxylic acids is 2. The van der Waals surface area contributed by atoms with E-state index in [1.165, 1.54) is 0 Å². The smallest absolute Gasteiger partial charge is 0.338 e. The van der Waals surface area contributed by atoms with Crippen molar-refractivity contribution in [3.63, 3.8) is 0 Å². The van der Waals surface area contributed by atoms with Crippen LogP contribution in [0.1, 0.15) is 74.1 Å². The standard InChI is InChI=1S/C25H32O4/c1-5-7-18-25(6-2,29-24(27)21-16-12-9-13-17-21)22(19(3)4)28-23(26)20-14-10-8-11-15-20/h8-17,19,22H,5-7,18H2,1-4H3. The Bertz CT molecular complexity index is 770. The van der Waals surface area contributed by atoms with E-state index < -0.39 is 17.7 Å². The molecule has 0 aliphatic rings. The monoisotopic (exact) mass is 396 g/mol. The maximum atomic E-state index is 12.9. The number of carbonyl (C=O) groups is 2. The van der Waals surface area contributed by atoms with Crippen molar-refractivity contribution in [2.45, 2.75) is 65.1 Å². The number of rotatable bonds is 10. The van der Waals surface area contributed by atoms with Crippen molar-refractivity contribution in [2.75, 3.05) is 0 Å². The predicted molar refractivity (Wildman–Crippen MR) is 115 cm³/mol. The van der Waals surface area contributed by atoms with Gasteiger partial charge in [0.05, 0.1) is 11.1 Å². The first-order valence-electron chi connectivity index (χ1n) is 10.5. The molecule has 0 saturated carbocycles. The Labute approximate surface area is 174 Å². The summed E-state index contributed by atoms with van der Waals surface area (Å²) >= 11 is 0. The fourth-order valence-electron chi connectivity index (χ4n) is 3.60. The van der Waals surface area contributed by atoms with Crippen molar-refractivity contribution in [1.29, 1.82) is 0 Å². The van der Waals surface area contributed by atoms with Gasteiger partial charge in [0.15, 0.2) is 0 Å². The number of ether oxygens (including phenoxy) is 2. The maximum Gasteiger partial charge on any atom is 0.338 e. The highest BCUT2D eigenvalue weighted by Gasteiger charge is 2.45. The lowest BCUT2D eigenvalue weighted by atomic mass is 9.82.